The number of hydrogen-bond acceptors (Lipinski definition) is 3. The number of ether oxygens (including phenoxy) is 1. The van der Waals surface area contributed by atoms with Gasteiger partial charge < -0.3 is 14.8 Å². The van der Waals surface area contributed by atoms with Gasteiger partial charge in [-0.2, -0.15) is 0 Å². The van der Waals surface area contributed by atoms with Crippen LogP contribution in [-0.2, 0) is 0 Å². The predicted octanol–water partition coefficient (Wildman–Crippen LogP) is -0.0204. The van der Waals surface area contributed by atoms with Crippen molar-refractivity contribution in [3.8, 4) is 5.75 Å². The van der Waals surface area contributed by atoms with E-state index in [0.29, 0.717) is 5.46 Å². The summed E-state index contributed by atoms with van der Waals surface area (Å²) >= 11 is 2.07. The van der Waals surface area contributed by atoms with Crippen LogP contribution in [-0.4, -0.2) is 24.3 Å². The minimum Gasteiger partial charge on any atom is -0.496 e. The van der Waals surface area contributed by atoms with Gasteiger partial charge in [-0.15, -0.1) is 0 Å². The quantitative estimate of drug-likeness (QED) is 0.590. The number of rotatable bonds is 2. The fourth-order valence-electron chi connectivity index (χ4n) is 0.843. The summed E-state index contributed by atoms with van der Waals surface area (Å²) in [5.41, 5.74) is 0.472. The topological polar surface area (TPSA) is 49.7 Å². The van der Waals surface area contributed by atoms with Crippen LogP contribution in [0.15, 0.2) is 18.2 Å². The van der Waals surface area contributed by atoms with Crippen LogP contribution in [0.25, 0.3) is 0 Å². The van der Waals surface area contributed by atoms with Gasteiger partial charge in [0.05, 0.1) is 10.7 Å². The predicted molar refractivity (Wildman–Crippen MR) is 55.5 cm³/mol. The highest BCUT2D eigenvalue weighted by atomic mass is 127. The fourth-order valence-corrected chi connectivity index (χ4v) is 1.60. The highest BCUT2D eigenvalue weighted by Gasteiger charge is 2.12. The van der Waals surface area contributed by atoms with Crippen LogP contribution >= 0.6 is 22.6 Å². The van der Waals surface area contributed by atoms with Gasteiger partial charge in [0.1, 0.15) is 5.75 Å². The van der Waals surface area contributed by atoms with E-state index in [-0.39, 0.29) is 0 Å². The Kier molecular flexibility index (Phi) is 3.36. The van der Waals surface area contributed by atoms with E-state index in [1.54, 1.807) is 25.3 Å². The molecule has 0 aliphatic carbocycles. The van der Waals surface area contributed by atoms with Crippen LogP contribution < -0.4 is 10.2 Å². The molecule has 1 aromatic rings. The van der Waals surface area contributed by atoms with Gasteiger partial charge in [0, 0.05) is 0 Å². The Balaban J connectivity index is 3.02. The molecule has 0 amide bonds. The van der Waals surface area contributed by atoms with Crippen LogP contribution in [0.1, 0.15) is 0 Å². The lowest BCUT2D eigenvalue weighted by molar-refractivity contribution is 0.411. The summed E-state index contributed by atoms with van der Waals surface area (Å²) in [6, 6.07) is 4.99. The summed E-state index contributed by atoms with van der Waals surface area (Å²) < 4.78 is 5.87. The Morgan fingerprint density at radius 1 is 1.42 bits per heavy atom. The van der Waals surface area contributed by atoms with Crippen molar-refractivity contribution in [2.24, 2.45) is 0 Å². The Labute approximate surface area is 84.7 Å². The van der Waals surface area contributed by atoms with Crippen molar-refractivity contribution in [2.45, 2.75) is 0 Å². The molecule has 0 fully saturated rings. The van der Waals surface area contributed by atoms with E-state index in [1.807, 2.05) is 0 Å². The van der Waals surface area contributed by atoms with E-state index in [4.69, 9.17) is 14.8 Å². The van der Waals surface area contributed by atoms with Crippen molar-refractivity contribution in [3.05, 3.63) is 21.8 Å². The first-order valence-corrected chi connectivity index (χ1v) is 4.42. The Morgan fingerprint density at radius 2 is 2.08 bits per heavy atom. The highest BCUT2D eigenvalue weighted by molar-refractivity contribution is 14.1. The normalized spacial score (nSPS) is 9.67. The lowest BCUT2D eigenvalue weighted by atomic mass is 9.80. The average Bonchev–Trinajstić information content (AvgIpc) is 2.04. The second-order valence-electron chi connectivity index (χ2n) is 2.27. The maximum atomic E-state index is 8.82. The molecule has 5 heteroatoms. The first kappa shape index (κ1) is 9.82. The zero-order chi connectivity index (χ0) is 9.14. The molecule has 0 aliphatic rings. The van der Waals surface area contributed by atoms with E-state index >= 15 is 0 Å². The first-order chi connectivity index (χ1) is 5.65. The second kappa shape index (κ2) is 4.11. The second-order valence-corrected chi connectivity index (χ2v) is 3.43. The van der Waals surface area contributed by atoms with E-state index in [0.717, 1.165) is 9.32 Å². The van der Waals surface area contributed by atoms with Gasteiger partial charge in [0.15, 0.2) is 0 Å². The van der Waals surface area contributed by atoms with Gasteiger partial charge in [-0.1, -0.05) is 6.07 Å². The van der Waals surface area contributed by atoms with Crippen LogP contribution in [0, 0.1) is 3.57 Å². The van der Waals surface area contributed by atoms with Gasteiger partial charge in [0.25, 0.3) is 0 Å². The van der Waals surface area contributed by atoms with E-state index in [9.17, 15) is 0 Å². The zero-order valence-electron chi connectivity index (χ0n) is 6.49. The van der Waals surface area contributed by atoms with Crippen molar-refractivity contribution in [2.75, 3.05) is 7.11 Å². The molecule has 0 unspecified atom stereocenters. The van der Waals surface area contributed by atoms with Gasteiger partial charge in [-0.25, -0.2) is 0 Å². The van der Waals surface area contributed by atoms with Gasteiger partial charge in [-0.3, -0.25) is 0 Å². The Morgan fingerprint density at radius 3 is 2.50 bits per heavy atom. The van der Waals surface area contributed by atoms with Crippen molar-refractivity contribution in [3.63, 3.8) is 0 Å². The van der Waals surface area contributed by atoms with Crippen LogP contribution in [0.3, 0.4) is 0 Å². The molecule has 1 rings (SSSR count). The molecule has 0 heterocycles. The van der Waals surface area contributed by atoms with E-state index in [2.05, 4.69) is 22.6 Å². The van der Waals surface area contributed by atoms with Crippen LogP contribution in [0.2, 0.25) is 0 Å². The summed E-state index contributed by atoms with van der Waals surface area (Å²) in [5.74, 6) is 0.736. The van der Waals surface area contributed by atoms with Crippen LogP contribution in [0.4, 0.5) is 0 Å². The minimum atomic E-state index is -1.41. The van der Waals surface area contributed by atoms with Crippen molar-refractivity contribution >= 4 is 35.2 Å². The summed E-state index contributed by atoms with van der Waals surface area (Å²) in [7, 11) is 0.163. The van der Waals surface area contributed by atoms with Crippen molar-refractivity contribution < 1.29 is 14.8 Å². The molecule has 0 bridgehead atoms. The molecule has 0 saturated carbocycles. The maximum absolute atomic E-state index is 8.82. The zero-order valence-corrected chi connectivity index (χ0v) is 8.65. The monoisotopic (exact) mass is 278 g/mol. The Hall–Kier alpha value is -0.265. The standard InChI is InChI=1S/C7H8BIO3/c1-12-7-3-2-5(8(10)11)4-6(7)9/h2-4,10-11H,1H3. The largest absolute Gasteiger partial charge is 0.496 e. The molecule has 1 aromatic carbocycles. The molecule has 0 aliphatic heterocycles. The third-order valence-electron chi connectivity index (χ3n) is 1.47. The molecule has 0 saturated heterocycles. The molecule has 64 valence electrons. The van der Waals surface area contributed by atoms with Crippen LogP contribution in [0.5, 0.6) is 5.75 Å². The molecule has 3 nitrogen and oxygen atoms in total. The van der Waals surface area contributed by atoms with Gasteiger partial charge in [-0.05, 0) is 40.2 Å². The highest BCUT2D eigenvalue weighted by Crippen LogP contribution is 2.17. The SMILES string of the molecule is COc1ccc(B(O)O)cc1I. The summed E-state index contributed by atoms with van der Waals surface area (Å²) in [6.07, 6.45) is 0. The van der Waals surface area contributed by atoms with E-state index < -0.39 is 7.12 Å². The number of halogens is 1. The molecule has 12 heavy (non-hydrogen) atoms. The Bertz CT molecular complexity index is 277. The van der Waals surface area contributed by atoms with Crippen molar-refractivity contribution in [1.29, 1.82) is 0 Å². The van der Waals surface area contributed by atoms with Gasteiger partial charge in [0.2, 0.25) is 0 Å². The molecule has 0 spiro atoms. The van der Waals surface area contributed by atoms with Gasteiger partial charge >= 0.3 is 7.12 Å². The fraction of sp³-hybridized carbons (Fsp3) is 0.143. The molecule has 0 aromatic heterocycles. The maximum Gasteiger partial charge on any atom is 0.488 e. The molecular weight excluding hydrogens is 270 g/mol. The van der Waals surface area contributed by atoms with E-state index in [1.165, 1.54) is 0 Å². The molecule has 0 radical (unpaired) electrons. The third kappa shape index (κ3) is 2.12. The average molecular weight is 278 g/mol. The molecular formula is C7H8BIO3. The lowest BCUT2D eigenvalue weighted by Crippen LogP contribution is -2.29. The minimum absolute atomic E-state index is 0.472. The third-order valence-corrected chi connectivity index (χ3v) is 2.32. The first-order valence-electron chi connectivity index (χ1n) is 3.34. The molecule has 0 atom stereocenters. The summed E-state index contributed by atoms with van der Waals surface area (Å²) in [4.78, 5) is 0. The lowest BCUT2D eigenvalue weighted by Gasteiger charge is -2.04. The number of benzene rings is 1. The number of methoxy groups -OCH3 is 1. The smallest absolute Gasteiger partial charge is 0.488 e. The summed E-state index contributed by atoms with van der Waals surface area (Å²) in [5, 5.41) is 17.6. The van der Waals surface area contributed by atoms with Crippen molar-refractivity contribution in [1.82, 2.24) is 0 Å². The molecule has 2 N–H and O–H groups in total. The number of hydrogen-bond donors (Lipinski definition) is 2. The summed E-state index contributed by atoms with van der Waals surface area (Å²) in [6.45, 7) is 0.